The number of benzene rings is 2. The van der Waals surface area contributed by atoms with Gasteiger partial charge in [0.05, 0.1) is 4.91 Å². The van der Waals surface area contributed by atoms with Crippen molar-refractivity contribution in [3.8, 4) is 5.75 Å². The van der Waals surface area contributed by atoms with Crippen molar-refractivity contribution in [3.63, 3.8) is 0 Å². The van der Waals surface area contributed by atoms with E-state index >= 15 is 0 Å². The predicted molar refractivity (Wildman–Crippen MR) is 114 cm³/mol. The monoisotopic (exact) mass is 448 g/mol. The van der Waals surface area contributed by atoms with Crippen LogP contribution in [-0.2, 0) is 9.59 Å². The van der Waals surface area contributed by atoms with Crippen LogP contribution in [0.1, 0.15) is 15.9 Å². The molecule has 0 aliphatic carbocycles. The van der Waals surface area contributed by atoms with Gasteiger partial charge in [0.15, 0.2) is 10.9 Å². The average molecular weight is 449 g/mol. The molecule has 7 nitrogen and oxygen atoms in total. The third-order valence-electron chi connectivity index (χ3n) is 3.63. The highest BCUT2D eigenvalue weighted by Gasteiger charge is 2.33. The van der Waals surface area contributed by atoms with Crippen molar-refractivity contribution in [2.24, 2.45) is 0 Å². The van der Waals surface area contributed by atoms with Crippen molar-refractivity contribution in [3.05, 3.63) is 69.6 Å². The molecule has 0 aromatic heterocycles. The van der Waals surface area contributed by atoms with E-state index in [1.807, 2.05) is 0 Å². The number of amides is 2. The third-order valence-corrected chi connectivity index (χ3v) is 5.19. The molecule has 1 heterocycles. The van der Waals surface area contributed by atoms with E-state index in [1.54, 1.807) is 42.5 Å². The van der Waals surface area contributed by atoms with Gasteiger partial charge in [-0.25, -0.2) is 4.79 Å². The predicted octanol–water partition coefficient (Wildman–Crippen LogP) is 3.35. The Hall–Kier alpha value is -2.88. The molecule has 2 aromatic carbocycles. The molecule has 2 aromatic rings. The number of thioether (sulfide) groups is 1. The van der Waals surface area contributed by atoms with Gasteiger partial charge < -0.3 is 9.84 Å². The van der Waals surface area contributed by atoms with E-state index in [-0.39, 0.29) is 4.32 Å². The minimum Gasteiger partial charge on any atom is -0.482 e. The van der Waals surface area contributed by atoms with Crippen LogP contribution < -0.4 is 10.2 Å². The maximum atomic E-state index is 12.6. The number of ether oxygens (including phenoxy) is 1. The van der Waals surface area contributed by atoms with Crippen molar-refractivity contribution < 1.29 is 24.2 Å². The van der Waals surface area contributed by atoms with Gasteiger partial charge in [-0.15, -0.1) is 0 Å². The number of aliphatic carboxylic acids is 1. The number of rotatable bonds is 6. The van der Waals surface area contributed by atoms with Crippen molar-refractivity contribution in [2.45, 2.75) is 0 Å². The van der Waals surface area contributed by atoms with E-state index in [1.165, 1.54) is 12.1 Å². The lowest BCUT2D eigenvalue weighted by Gasteiger charge is -2.15. The summed E-state index contributed by atoms with van der Waals surface area (Å²) >= 11 is 12.0. The standard InChI is InChI=1S/C19H13ClN2O5S2/c20-13-6-4-12(5-7-13)17(25)21-22-18(26)15(29-19(22)28)9-11-2-1-3-14(8-11)27-10-16(23)24/h1-9H,10H2,(H,21,25)(H,23,24)/b15-9+. The van der Waals surface area contributed by atoms with Crippen molar-refractivity contribution in [1.82, 2.24) is 10.4 Å². The first-order valence-corrected chi connectivity index (χ1v) is 9.73. The number of hydrazine groups is 1. The second-order valence-corrected chi connectivity index (χ2v) is 7.83. The second kappa shape index (κ2) is 9.08. The largest absolute Gasteiger partial charge is 0.482 e. The molecule has 10 heteroatoms. The Kier molecular flexibility index (Phi) is 6.53. The van der Waals surface area contributed by atoms with Crippen LogP contribution in [-0.4, -0.2) is 38.8 Å². The summed E-state index contributed by atoms with van der Waals surface area (Å²) in [5, 5.41) is 10.2. The van der Waals surface area contributed by atoms with Gasteiger partial charge >= 0.3 is 5.97 Å². The zero-order valence-electron chi connectivity index (χ0n) is 14.6. The molecule has 0 spiro atoms. The van der Waals surface area contributed by atoms with Gasteiger partial charge in [0.1, 0.15) is 5.75 Å². The summed E-state index contributed by atoms with van der Waals surface area (Å²) in [4.78, 5) is 35.9. The number of halogens is 1. The lowest BCUT2D eigenvalue weighted by Crippen LogP contribution is -2.44. The first kappa shape index (κ1) is 20.8. The van der Waals surface area contributed by atoms with Crippen LogP contribution in [0.15, 0.2) is 53.4 Å². The van der Waals surface area contributed by atoms with E-state index < -0.39 is 24.4 Å². The maximum Gasteiger partial charge on any atom is 0.341 e. The number of carbonyl (C=O) groups is 3. The quantitative estimate of drug-likeness (QED) is 0.516. The van der Waals surface area contributed by atoms with Crippen molar-refractivity contribution in [1.29, 1.82) is 0 Å². The Balaban J connectivity index is 1.73. The molecule has 148 valence electrons. The van der Waals surface area contributed by atoms with Crippen LogP contribution in [0.2, 0.25) is 5.02 Å². The molecule has 0 saturated carbocycles. The van der Waals surface area contributed by atoms with Crippen LogP contribution >= 0.6 is 35.6 Å². The Morgan fingerprint density at radius 1 is 1.24 bits per heavy atom. The first-order chi connectivity index (χ1) is 13.8. The van der Waals surface area contributed by atoms with Crippen LogP contribution in [0.4, 0.5) is 0 Å². The number of carbonyl (C=O) groups excluding carboxylic acids is 2. The molecule has 2 N–H and O–H groups in total. The topological polar surface area (TPSA) is 95.9 Å². The molecule has 2 amide bonds. The zero-order chi connectivity index (χ0) is 21.0. The minimum atomic E-state index is -1.09. The van der Waals surface area contributed by atoms with Crippen LogP contribution in [0, 0.1) is 0 Å². The number of nitrogens with zero attached hydrogens (tertiary/aromatic N) is 1. The lowest BCUT2D eigenvalue weighted by molar-refractivity contribution is -0.139. The van der Waals surface area contributed by atoms with E-state index in [9.17, 15) is 14.4 Å². The molecular weight excluding hydrogens is 436 g/mol. The molecule has 1 aliphatic rings. The number of thiocarbonyl (C=S) groups is 1. The highest BCUT2D eigenvalue weighted by atomic mass is 35.5. The average Bonchev–Trinajstić information content (AvgIpc) is 2.94. The number of carboxylic acid groups (broad SMARTS) is 1. The summed E-state index contributed by atoms with van der Waals surface area (Å²) in [6, 6.07) is 12.8. The zero-order valence-corrected chi connectivity index (χ0v) is 17.0. The first-order valence-electron chi connectivity index (χ1n) is 8.12. The molecule has 1 fully saturated rings. The van der Waals surface area contributed by atoms with Crippen molar-refractivity contribution in [2.75, 3.05) is 6.61 Å². The van der Waals surface area contributed by atoms with Gasteiger partial charge in [0.2, 0.25) is 0 Å². The fourth-order valence-corrected chi connectivity index (χ4v) is 3.63. The number of nitrogens with one attached hydrogen (secondary N) is 1. The van der Waals surface area contributed by atoms with E-state index in [0.717, 1.165) is 16.8 Å². The fourth-order valence-electron chi connectivity index (χ4n) is 2.32. The number of hydrogen-bond acceptors (Lipinski definition) is 6. The molecular formula is C19H13ClN2O5S2. The molecule has 29 heavy (non-hydrogen) atoms. The van der Waals surface area contributed by atoms with Gasteiger partial charge in [-0.2, -0.15) is 5.01 Å². The molecule has 0 unspecified atom stereocenters. The normalized spacial score (nSPS) is 14.9. The van der Waals surface area contributed by atoms with E-state index in [4.69, 9.17) is 33.7 Å². The van der Waals surface area contributed by atoms with Crippen LogP contribution in [0.5, 0.6) is 5.75 Å². The third kappa shape index (κ3) is 5.35. The van der Waals surface area contributed by atoms with Crippen molar-refractivity contribution >= 4 is 63.8 Å². The van der Waals surface area contributed by atoms with Gasteiger partial charge in [0.25, 0.3) is 11.8 Å². The molecule has 0 radical (unpaired) electrons. The van der Waals surface area contributed by atoms with Gasteiger partial charge in [0, 0.05) is 10.6 Å². The lowest BCUT2D eigenvalue weighted by atomic mass is 10.2. The van der Waals surface area contributed by atoms with Gasteiger partial charge in [-0.1, -0.05) is 35.5 Å². The minimum absolute atomic E-state index is 0.182. The molecule has 1 aliphatic heterocycles. The Morgan fingerprint density at radius 2 is 1.97 bits per heavy atom. The number of hydrogen-bond donors (Lipinski definition) is 2. The van der Waals surface area contributed by atoms with E-state index in [2.05, 4.69) is 5.43 Å². The number of carboxylic acids is 1. The fraction of sp³-hybridized carbons (Fsp3) is 0.0526. The summed E-state index contributed by atoms with van der Waals surface area (Å²) in [5.74, 6) is -1.71. The summed E-state index contributed by atoms with van der Waals surface area (Å²) in [7, 11) is 0. The molecule has 3 rings (SSSR count). The van der Waals surface area contributed by atoms with Gasteiger partial charge in [-0.05, 0) is 60.3 Å². The highest BCUT2D eigenvalue weighted by molar-refractivity contribution is 8.26. The highest BCUT2D eigenvalue weighted by Crippen LogP contribution is 2.32. The SMILES string of the molecule is O=C(O)COc1cccc(/C=C2/SC(=S)N(NC(=O)c3ccc(Cl)cc3)C2=O)c1. The van der Waals surface area contributed by atoms with Crippen LogP contribution in [0.25, 0.3) is 6.08 Å². The summed E-state index contributed by atoms with van der Waals surface area (Å²) in [6.45, 7) is -0.470. The smallest absolute Gasteiger partial charge is 0.341 e. The maximum absolute atomic E-state index is 12.6. The Morgan fingerprint density at radius 3 is 2.66 bits per heavy atom. The van der Waals surface area contributed by atoms with Crippen LogP contribution in [0.3, 0.4) is 0 Å². The Labute approximate surface area is 180 Å². The van der Waals surface area contributed by atoms with E-state index in [0.29, 0.717) is 26.8 Å². The second-order valence-electron chi connectivity index (χ2n) is 5.72. The molecule has 1 saturated heterocycles. The molecule has 0 bridgehead atoms. The summed E-state index contributed by atoms with van der Waals surface area (Å²) in [6.07, 6.45) is 1.58. The van der Waals surface area contributed by atoms with Gasteiger partial charge in [-0.3, -0.25) is 15.0 Å². The summed E-state index contributed by atoms with van der Waals surface area (Å²) < 4.78 is 5.31. The Bertz CT molecular complexity index is 1020. The summed E-state index contributed by atoms with van der Waals surface area (Å²) in [5.41, 5.74) is 3.43. The molecule has 0 atom stereocenters.